The number of benzene rings is 1. The van der Waals surface area contributed by atoms with Gasteiger partial charge >= 0.3 is 12.1 Å². The zero-order valence-electron chi connectivity index (χ0n) is 14.8. The molecule has 0 radical (unpaired) electrons. The Labute approximate surface area is 159 Å². The summed E-state index contributed by atoms with van der Waals surface area (Å²) in [7, 11) is 0. The number of nitrogens with zero attached hydrogens (tertiary/aromatic N) is 1. The third kappa shape index (κ3) is 5.52. The van der Waals surface area contributed by atoms with E-state index in [2.05, 4.69) is 15.9 Å². The summed E-state index contributed by atoms with van der Waals surface area (Å²) in [5.41, 5.74) is -0.378. The van der Waals surface area contributed by atoms with Crippen molar-refractivity contribution in [2.24, 2.45) is 0 Å². The molecule has 6 nitrogen and oxygen atoms in total. The zero-order chi connectivity index (χ0) is 19.5. The number of amides is 1. The maximum absolute atomic E-state index is 13.8. The van der Waals surface area contributed by atoms with Crippen LogP contribution in [-0.2, 0) is 14.3 Å². The second-order valence-corrected chi connectivity index (χ2v) is 7.93. The smallest absolute Gasteiger partial charge is 0.411 e. The average molecular weight is 430 g/mol. The summed E-state index contributed by atoms with van der Waals surface area (Å²) in [5, 5.41) is 0. The minimum atomic E-state index is -1.35. The van der Waals surface area contributed by atoms with Crippen LogP contribution in [0.4, 0.5) is 9.18 Å². The van der Waals surface area contributed by atoms with Crippen LogP contribution in [-0.4, -0.2) is 53.7 Å². The number of Topliss-reactive ketones (excluding diaryl/α,β-unsaturated/α-hetero) is 1. The molecule has 0 aliphatic carbocycles. The molecule has 1 heterocycles. The van der Waals surface area contributed by atoms with E-state index in [1.165, 1.54) is 0 Å². The van der Waals surface area contributed by atoms with Crippen molar-refractivity contribution in [1.82, 2.24) is 4.90 Å². The van der Waals surface area contributed by atoms with Crippen molar-refractivity contribution < 1.29 is 28.2 Å². The van der Waals surface area contributed by atoms with E-state index in [4.69, 9.17) is 9.47 Å². The number of alkyl halides is 1. The van der Waals surface area contributed by atoms with E-state index in [0.717, 1.165) is 9.37 Å². The normalized spacial score (nSPS) is 20.0. The maximum Gasteiger partial charge on any atom is 0.411 e. The van der Waals surface area contributed by atoms with Crippen molar-refractivity contribution in [2.75, 3.05) is 13.2 Å². The Morgan fingerprint density at radius 1 is 1.23 bits per heavy atom. The lowest BCUT2D eigenvalue weighted by molar-refractivity contribution is -0.147. The van der Waals surface area contributed by atoms with Gasteiger partial charge in [-0.25, -0.2) is 14.0 Å². The van der Waals surface area contributed by atoms with Gasteiger partial charge in [-0.1, -0.05) is 28.1 Å². The monoisotopic (exact) mass is 429 g/mol. The number of esters is 1. The fraction of sp³-hybridized carbons (Fsp3) is 0.500. The number of ether oxygens (including phenoxy) is 2. The lowest BCUT2D eigenvalue weighted by Gasteiger charge is -2.27. The molecule has 0 N–H and O–H groups in total. The second-order valence-electron chi connectivity index (χ2n) is 7.02. The van der Waals surface area contributed by atoms with E-state index in [-0.39, 0.29) is 18.7 Å². The number of carbonyl (C=O) groups excluding carboxylic acids is 3. The van der Waals surface area contributed by atoms with Gasteiger partial charge in [-0.2, -0.15) is 0 Å². The molecule has 0 aromatic heterocycles. The largest absolute Gasteiger partial charge is 0.456 e. The third-order valence-corrected chi connectivity index (χ3v) is 4.19. The first kappa shape index (κ1) is 20.4. The molecule has 1 aliphatic rings. The molecule has 1 saturated heterocycles. The van der Waals surface area contributed by atoms with Gasteiger partial charge in [-0.3, -0.25) is 9.69 Å². The number of ketones is 1. The van der Waals surface area contributed by atoms with Crippen LogP contribution in [0.25, 0.3) is 0 Å². The molecule has 2 atom stereocenters. The number of hydrogen-bond donors (Lipinski definition) is 0. The molecule has 1 amide bonds. The van der Waals surface area contributed by atoms with Crippen molar-refractivity contribution in [3.05, 3.63) is 34.3 Å². The van der Waals surface area contributed by atoms with Gasteiger partial charge in [0.05, 0.1) is 6.54 Å². The van der Waals surface area contributed by atoms with Crippen LogP contribution in [0.15, 0.2) is 28.7 Å². The summed E-state index contributed by atoms with van der Waals surface area (Å²) in [5.74, 6) is -1.20. The topological polar surface area (TPSA) is 72.9 Å². The lowest BCUT2D eigenvalue weighted by Crippen LogP contribution is -2.44. The van der Waals surface area contributed by atoms with Gasteiger partial charge in [0, 0.05) is 16.5 Å². The minimum absolute atomic E-state index is 0.176. The van der Waals surface area contributed by atoms with Gasteiger partial charge < -0.3 is 9.47 Å². The number of carbonyl (C=O) groups is 3. The van der Waals surface area contributed by atoms with Crippen LogP contribution < -0.4 is 0 Å². The van der Waals surface area contributed by atoms with Crippen molar-refractivity contribution >= 4 is 33.8 Å². The van der Waals surface area contributed by atoms with E-state index >= 15 is 0 Å². The number of halogens is 2. The van der Waals surface area contributed by atoms with Crippen molar-refractivity contribution in [3.63, 3.8) is 0 Å². The Bertz CT molecular complexity index is 686. The standard InChI is InChI=1S/C18H21BrFNO5/c1-18(2,3)26-17(24)21-9-13(20)8-14(21)16(23)25-10-15(22)11-4-6-12(19)7-5-11/h4-7,13-14H,8-10H2,1-3H3/t13-,14-/m0/s1. The Morgan fingerprint density at radius 2 is 1.85 bits per heavy atom. The van der Waals surface area contributed by atoms with Gasteiger partial charge in [0.15, 0.2) is 12.4 Å². The Kier molecular flexibility index (Phi) is 6.39. The van der Waals surface area contributed by atoms with Crippen LogP contribution in [0.5, 0.6) is 0 Å². The van der Waals surface area contributed by atoms with E-state index in [1.54, 1.807) is 45.0 Å². The van der Waals surface area contributed by atoms with E-state index in [0.29, 0.717) is 5.56 Å². The summed E-state index contributed by atoms with van der Waals surface area (Å²) in [6.45, 7) is 4.32. The first-order chi connectivity index (χ1) is 12.1. The second kappa shape index (κ2) is 8.16. The maximum atomic E-state index is 13.8. The molecule has 1 fully saturated rings. The molecular weight excluding hydrogens is 409 g/mol. The Balaban J connectivity index is 1.97. The third-order valence-electron chi connectivity index (χ3n) is 3.66. The van der Waals surface area contributed by atoms with E-state index < -0.39 is 36.5 Å². The first-order valence-electron chi connectivity index (χ1n) is 8.16. The van der Waals surface area contributed by atoms with Crippen LogP contribution in [0, 0.1) is 0 Å². The van der Waals surface area contributed by atoms with E-state index in [1.807, 2.05) is 0 Å². The van der Waals surface area contributed by atoms with Crippen molar-refractivity contribution in [1.29, 1.82) is 0 Å². The highest BCUT2D eigenvalue weighted by atomic mass is 79.9. The number of hydrogen-bond acceptors (Lipinski definition) is 5. The highest BCUT2D eigenvalue weighted by molar-refractivity contribution is 9.10. The molecule has 142 valence electrons. The quantitative estimate of drug-likeness (QED) is 0.540. The average Bonchev–Trinajstić information content (AvgIpc) is 2.93. The number of rotatable bonds is 4. The molecule has 0 saturated carbocycles. The fourth-order valence-corrected chi connectivity index (χ4v) is 2.75. The van der Waals surface area contributed by atoms with Crippen LogP contribution >= 0.6 is 15.9 Å². The highest BCUT2D eigenvalue weighted by Crippen LogP contribution is 2.24. The Morgan fingerprint density at radius 3 is 2.42 bits per heavy atom. The highest BCUT2D eigenvalue weighted by Gasteiger charge is 2.42. The van der Waals surface area contributed by atoms with Crippen molar-refractivity contribution in [3.8, 4) is 0 Å². The molecule has 1 aromatic rings. The summed E-state index contributed by atoms with van der Waals surface area (Å²) in [6.07, 6.45) is -2.30. The van der Waals surface area contributed by atoms with Crippen molar-refractivity contribution in [2.45, 2.75) is 45.0 Å². The fourth-order valence-electron chi connectivity index (χ4n) is 2.48. The molecule has 1 aromatic carbocycles. The van der Waals surface area contributed by atoms with E-state index in [9.17, 15) is 18.8 Å². The molecule has 0 bridgehead atoms. The summed E-state index contributed by atoms with van der Waals surface area (Å²) >= 11 is 3.27. The van der Waals surface area contributed by atoms with Gasteiger partial charge in [0.2, 0.25) is 0 Å². The summed E-state index contributed by atoms with van der Waals surface area (Å²) in [6, 6.07) is 5.49. The molecular formula is C18H21BrFNO5. The summed E-state index contributed by atoms with van der Waals surface area (Å²) < 4.78 is 24.8. The SMILES string of the molecule is CC(C)(C)OC(=O)N1C[C@@H](F)C[C@H]1C(=O)OCC(=O)c1ccc(Br)cc1. The lowest BCUT2D eigenvalue weighted by atomic mass is 10.1. The van der Waals surface area contributed by atoms with Crippen LogP contribution in [0.2, 0.25) is 0 Å². The number of likely N-dealkylation sites (tertiary alicyclic amines) is 1. The minimum Gasteiger partial charge on any atom is -0.456 e. The molecule has 2 rings (SSSR count). The molecule has 0 spiro atoms. The van der Waals surface area contributed by atoms with Gasteiger partial charge in [-0.15, -0.1) is 0 Å². The molecule has 1 aliphatic heterocycles. The van der Waals surface area contributed by atoms with Gasteiger partial charge in [0.25, 0.3) is 0 Å². The first-order valence-corrected chi connectivity index (χ1v) is 8.95. The molecule has 8 heteroatoms. The summed E-state index contributed by atoms with van der Waals surface area (Å²) in [4.78, 5) is 37.5. The molecule has 26 heavy (non-hydrogen) atoms. The van der Waals surface area contributed by atoms with Gasteiger partial charge in [-0.05, 0) is 32.9 Å². The van der Waals surface area contributed by atoms with Crippen LogP contribution in [0.3, 0.4) is 0 Å². The van der Waals surface area contributed by atoms with Gasteiger partial charge in [0.1, 0.15) is 17.8 Å². The van der Waals surface area contributed by atoms with Crippen LogP contribution in [0.1, 0.15) is 37.6 Å². The molecule has 0 unspecified atom stereocenters. The Hall–Kier alpha value is -1.96. The zero-order valence-corrected chi connectivity index (χ0v) is 16.4. The predicted octanol–water partition coefficient (Wildman–Crippen LogP) is 3.52. The predicted molar refractivity (Wildman–Crippen MR) is 95.7 cm³/mol.